The Morgan fingerprint density at radius 2 is 1.43 bits per heavy atom. The largest absolute Gasteiger partial charge is 0.466 e. The Kier molecular flexibility index (Phi) is 16.2. The molecule has 0 radical (unpaired) electrons. The van der Waals surface area contributed by atoms with Crippen LogP contribution < -0.4 is 0 Å². The molecule has 6 heteroatoms. The second-order valence-electron chi connectivity index (χ2n) is 11.6. The van der Waals surface area contributed by atoms with Crippen LogP contribution >= 0.6 is 0 Å². The van der Waals surface area contributed by atoms with E-state index in [1.54, 1.807) is 0 Å². The zero-order valence-electron chi connectivity index (χ0n) is 26.4. The van der Waals surface area contributed by atoms with Crippen LogP contribution in [0, 0.1) is 0 Å². The van der Waals surface area contributed by atoms with Crippen LogP contribution in [-0.4, -0.2) is 55.6 Å². The monoisotopic (exact) mass is 581 g/mol. The Balaban J connectivity index is 1.68. The lowest BCUT2D eigenvalue weighted by Gasteiger charge is -2.43. The van der Waals surface area contributed by atoms with Crippen LogP contribution in [0.3, 0.4) is 0 Å². The van der Waals surface area contributed by atoms with Crippen LogP contribution in [0.5, 0.6) is 0 Å². The molecule has 1 aliphatic carbocycles. The average Bonchev–Trinajstić information content (AvgIpc) is 3.38. The highest BCUT2D eigenvalue weighted by atomic mass is 16.6. The number of esters is 1. The van der Waals surface area contributed by atoms with Crippen molar-refractivity contribution >= 4 is 5.97 Å². The predicted octanol–water partition coefficient (Wildman–Crippen LogP) is 8.08. The van der Waals surface area contributed by atoms with E-state index in [9.17, 15) is 4.79 Å². The SMILES string of the molecule is CCCCCCCCO[C@@]1(N(C)CCCCCC(=O)OCC)C[C@@H](OCc2ccccc2)C[C@H]1OCc1ccccc1. The third kappa shape index (κ3) is 11.8. The van der Waals surface area contributed by atoms with Crippen molar-refractivity contribution in [1.82, 2.24) is 4.90 Å². The third-order valence-corrected chi connectivity index (χ3v) is 8.30. The quantitative estimate of drug-likeness (QED) is 0.0796. The van der Waals surface area contributed by atoms with Crippen LogP contribution in [0.15, 0.2) is 60.7 Å². The molecule has 0 saturated heterocycles. The van der Waals surface area contributed by atoms with Gasteiger partial charge in [0, 0.05) is 32.4 Å². The van der Waals surface area contributed by atoms with Crippen LogP contribution in [-0.2, 0) is 37.0 Å². The number of rotatable bonds is 22. The molecular weight excluding hydrogens is 526 g/mol. The van der Waals surface area contributed by atoms with Crippen molar-refractivity contribution in [2.75, 3.05) is 26.8 Å². The van der Waals surface area contributed by atoms with E-state index in [-0.39, 0.29) is 18.2 Å². The van der Waals surface area contributed by atoms with Crippen molar-refractivity contribution in [3.8, 4) is 0 Å². The van der Waals surface area contributed by atoms with E-state index in [2.05, 4.69) is 67.4 Å². The number of unbranched alkanes of at least 4 members (excludes halogenated alkanes) is 7. The zero-order chi connectivity index (χ0) is 29.9. The highest BCUT2D eigenvalue weighted by molar-refractivity contribution is 5.69. The zero-order valence-corrected chi connectivity index (χ0v) is 26.4. The van der Waals surface area contributed by atoms with Crippen molar-refractivity contribution in [2.45, 2.75) is 122 Å². The molecule has 0 amide bonds. The van der Waals surface area contributed by atoms with E-state index >= 15 is 0 Å². The minimum absolute atomic E-state index is 0.0433. The van der Waals surface area contributed by atoms with Gasteiger partial charge < -0.3 is 18.9 Å². The number of hydrogen-bond acceptors (Lipinski definition) is 6. The Morgan fingerprint density at radius 1 is 0.810 bits per heavy atom. The van der Waals surface area contributed by atoms with Crippen LogP contribution in [0.25, 0.3) is 0 Å². The molecule has 0 unspecified atom stereocenters. The van der Waals surface area contributed by atoms with Gasteiger partial charge in [0.1, 0.15) is 11.8 Å². The van der Waals surface area contributed by atoms with Gasteiger partial charge in [-0.3, -0.25) is 9.69 Å². The summed E-state index contributed by atoms with van der Waals surface area (Å²) in [5.74, 6) is -0.104. The summed E-state index contributed by atoms with van der Waals surface area (Å²) in [6.45, 7) is 7.27. The van der Waals surface area contributed by atoms with E-state index in [0.717, 1.165) is 57.2 Å². The van der Waals surface area contributed by atoms with Crippen molar-refractivity contribution < 1.29 is 23.7 Å². The number of benzene rings is 2. The maximum atomic E-state index is 11.8. The fourth-order valence-corrected chi connectivity index (χ4v) is 5.86. The first-order chi connectivity index (χ1) is 20.6. The number of likely N-dealkylation sites (N-methyl/N-ethyl adjacent to an activating group) is 1. The molecule has 234 valence electrons. The first kappa shape index (κ1) is 34.2. The number of ether oxygens (including phenoxy) is 4. The van der Waals surface area contributed by atoms with Gasteiger partial charge in [0.05, 0.1) is 25.9 Å². The molecule has 0 aliphatic heterocycles. The molecular formula is C36H55NO5. The van der Waals surface area contributed by atoms with E-state index in [1.807, 2.05) is 19.1 Å². The number of hydrogen-bond donors (Lipinski definition) is 0. The Labute approximate surface area is 255 Å². The minimum atomic E-state index is -0.555. The van der Waals surface area contributed by atoms with E-state index in [0.29, 0.717) is 26.2 Å². The molecule has 0 heterocycles. The van der Waals surface area contributed by atoms with Gasteiger partial charge in [0.25, 0.3) is 0 Å². The molecule has 1 aliphatic rings. The molecule has 6 nitrogen and oxygen atoms in total. The second-order valence-corrected chi connectivity index (χ2v) is 11.6. The standard InChI is InChI=1S/C36H55NO5/c1-4-6-7-8-9-19-26-42-36(37(3)25-18-12-17-24-35(38)39-5-2)28-33(40-29-31-20-13-10-14-21-31)27-34(36)41-30-32-22-15-11-16-23-32/h10-11,13-16,20-23,33-34H,4-9,12,17-19,24-30H2,1-3H3/t33-,34+,36-/m0/s1. The Hall–Kier alpha value is -2.25. The van der Waals surface area contributed by atoms with Crippen molar-refractivity contribution in [3.05, 3.63) is 71.8 Å². The van der Waals surface area contributed by atoms with E-state index < -0.39 is 5.72 Å². The molecule has 1 fully saturated rings. The first-order valence-corrected chi connectivity index (χ1v) is 16.4. The Bertz CT molecular complexity index is 971. The summed E-state index contributed by atoms with van der Waals surface area (Å²) in [4.78, 5) is 14.1. The summed E-state index contributed by atoms with van der Waals surface area (Å²) in [7, 11) is 2.17. The van der Waals surface area contributed by atoms with E-state index in [1.165, 1.54) is 37.7 Å². The van der Waals surface area contributed by atoms with Gasteiger partial charge in [0.15, 0.2) is 0 Å². The Morgan fingerprint density at radius 3 is 2.10 bits per heavy atom. The minimum Gasteiger partial charge on any atom is -0.466 e. The smallest absolute Gasteiger partial charge is 0.305 e. The third-order valence-electron chi connectivity index (χ3n) is 8.30. The van der Waals surface area contributed by atoms with Gasteiger partial charge >= 0.3 is 5.97 Å². The maximum absolute atomic E-state index is 11.8. The summed E-state index contributed by atoms with van der Waals surface area (Å²) in [6.07, 6.45) is 12.2. The fraction of sp³-hybridized carbons (Fsp3) is 0.639. The summed E-state index contributed by atoms with van der Waals surface area (Å²) < 4.78 is 25.2. The number of carbonyl (C=O) groups is 1. The lowest BCUT2D eigenvalue weighted by Crippen LogP contribution is -2.55. The van der Waals surface area contributed by atoms with Gasteiger partial charge in [-0.15, -0.1) is 0 Å². The summed E-state index contributed by atoms with van der Waals surface area (Å²) in [5.41, 5.74) is 1.79. The molecule has 3 rings (SSSR count). The van der Waals surface area contributed by atoms with Gasteiger partial charge in [-0.2, -0.15) is 0 Å². The highest BCUT2D eigenvalue weighted by Gasteiger charge is 2.52. The van der Waals surface area contributed by atoms with Gasteiger partial charge in [0.2, 0.25) is 0 Å². The molecule has 0 N–H and O–H groups in total. The molecule has 3 atom stereocenters. The average molecular weight is 582 g/mol. The van der Waals surface area contributed by atoms with Crippen LogP contribution in [0.2, 0.25) is 0 Å². The summed E-state index contributed by atoms with van der Waals surface area (Å²) >= 11 is 0. The molecule has 2 aromatic carbocycles. The highest BCUT2D eigenvalue weighted by Crippen LogP contribution is 2.41. The van der Waals surface area contributed by atoms with Crippen LogP contribution in [0.1, 0.15) is 102 Å². The van der Waals surface area contributed by atoms with Gasteiger partial charge in [-0.05, 0) is 44.4 Å². The molecule has 0 bridgehead atoms. The van der Waals surface area contributed by atoms with E-state index in [4.69, 9.17) is 18.9 Å². The lowest BCUT2D eigenvalue weighted by atomic mass is 10.1. The van der Waals surface area contributed by atoms with Gasteiger partial charge in [-0.1, -0.05) is 106 Å². The fourth-order valence-electron chi connectivity index (χ4n) is 5.86. The topological polar surface area (TPSA) is 57.2 Å². The lowest BCUT2D eigenvalue weighted by molar-refractivity contribution is -0.211. The first-order valence-electron chi connectivity index (χ1n) is 16.4. The van der Waals surface area contributed by atoms with Crippen molar-refractivity contribution in [2.24, 2.45) is 0 Å². The van der Waals surface area contributed by atoms with Crippen molar-refractivity contribution in [1.29, 1.82) is 0 Å². The molecule has 2 aromatic rings. The maximum Gasteiger partial charge on any atom is 0.305 e. The van der Waals surface area contributed by atoms with Crippen molar-refractivity contribution in [3.63, 3.8) is 0 Å². The number of nitrogens with zero attached hydrogens (tertiary/aromatic N) is 1. The number of carbonyl (C=O) groups excluding carboxylic acids is 1. The summed E-state index contributed by atoms with van der Waals surface area (Å²) in [5, 5.41) is 0. The molecule has 1 saturated carbocycles. The normalized spacial score (nSPS) is 20.3. The molecule has 0 aromatic heterocycles. The van der Waals surface area contributed by atoms with Crippen LogP contribution in [0.4, 0.5) is 0 Å². The second kappa shape index (κ2) is 19.8. The summed E-state index contributed by atoms with van der Waals surface area (Å²) in [6, 6.07) is 20.8. The molecule has 42 heavy (non-hydrogen) atoms. The predicted molar refractivity (Wildman–Crippen MR) is 169 cm³/mol. The molecule has 0 spiro atoms. The van der Waals surface area contributed by atoms with Gasteiger partial charge in [-0.25, -0.2) is 0 Å².